The van der Waals surface area contributed by atoms with Crippen molar-refractivity contribution in [2.24, 2.45) is 0 Å². The summed E-state index contributed by atoms with van der Waals surface area (Å²) in [6, 6.07) is 0. The molecule has 0 aliphatic carbocycles. The van der Waals surface area contributed by atoms with Crippen molar-refractivity contribution in [3.63, 3.8) is 0 Å². The lowest BCUT2D eigenvalue weighted by atomic mass is 10.2. The third-order valence-electron chi connectivity index (χ3n) is 2.03. The number of allylic oxidation sites excluding steroid dienone is 1. The Morgan fingerprint density at radius 1 is 1.33 bits per heavy atom. The molecule has 0 heterocycles. The minimum Gasteiger partial charge on any atom is -0.466 e. The van der Waals surface area contributed by atoms with E-state index in [9.17, 15) is 13.6 Å². The van der Waals surface area contributed by atoms with Gasteiger partial charge in [-0.1, -0.05) is 6.58 Å². The minimum absolute atomic E-state index is 0.228. The molecule has 0 spiro atoms. The number of halogens is 2. The van der Waals surface area contributed by atoms with Crippen molar-refractivity contribution < 1.29 is 27.8 Å². The van der Waals surface area contributed by atoms with Gasteiger partial charge in [0, 0.05) is 21.2 Å². The second-order valence-electron chi connectivity index (χ2n) is 3.76. The SMILES string of the molecule is C=C(OCOCCOC)C(F)(F)CC(=O)N(C)C. The average Bonchev–Trinajstić information content (AvgIpc) is 2.27. The monoisotopic (exact) mass is 267 g/mol. The van der Waals surface area contributed by atoms with E-state index in [1.54, 1.807) is 0 Å². The highest BCUT2D eigenvalue weighted by Crippen LogP contribution is 2.28. The molecule has 0 bridgehead atoms. The molecular formula is C11H19F2NO4. The van der Waals surface area contributed by atoms with Crippen molar-refractivity contribution in [3.8, 4) is 0 Å². The van der Waals surface area contributed by atoms with E-state index >= 15 is 0 Å². The van der Waals surface area contributed by atoms with Gasteiger partial charge in [0.15, 0.2) is 12.6 Å². The highest BCUT2D eigenvalue weighted by atomic mass is 19.3. The fourth-order valence-corrected chi connectivity index (χ4v) is 0.866. The molecule has 7 heteroatoms. The van der Waals surface area contributed by atoms with E-state index < -0.39 is 24.0 Å². The summed E-state index contributed by atoms with van der Waals surface area (Å²) >= 11 is 0. The number of ether oxygens (including phenoxy) is 3. The van der Waals surface area contributed by atoms with E-state index in [0.29, 0.717) is 6.61 Å². The molecule has 0 aliphatic heterocycles. The predicted octanol–water partition coefficient (Wildman–Crippen LogP) is 1.25. The van der Waals surface area contributed by atoms with Gasteiger partial charge in [-0.15, -0.1) is 0 Å². The Hall–Kier alpha value is -1.21. The van der Waals surface area contributed by atoms with Crippen molar-refractivity contribution in [2.45, 2.75) is 12.3 Å². The van der Waals surface area contributed by atoms with Crippen molar-refractivity contribution in [1.82, 2.24) is 4.90 Å². The molecule has 0 saturated carbocycles. The summed E-state index contributed by atoms with van der Waals surface area (Å²) < 4.78 is 41.1. The van der Waals surface area contributed by atoms with Crippen LogP contribution in [0.15, 0.2) is 12.3 Å². The Bertz CT molecular complexity index is 282. The number of hydrogen-bond donors (Lipinski definition) is 0. The van der Waals surface area contributed by atoms with Gasteiger partial charge in [-0.25, -0.2) is 0 Å². The Labute approximate surface area is 105 Å². The van der Waals surface area contributed by atoms with Gasteiger partial charge < -0.3 is 19.1 Å². The van der Waals surface area contributed by atoms with Crippen LogP contribution in [-0.2, 0) is 19.0 Å². The van der Waals surface area contributed by atoms with Crippen LogP contribution in [-0.4, -0.2) is 57.9 Å². The number of alkyl halides is 2. The first-order valence-corrected chi connectivity index (χ1v) is 5.28. The molecule has 0 aromatic rings. The topological polar surface area (TPSA) is 48.0 Å². The largest absolute Gasteiger partial charge is 0.466 e. The molecule has 5 nitrogen and oxygen atoms in total. The van der Waals surface area contributed by atoms with Crippen molar-refractivity contribution in [2.75, 3.05) is 41.2 Å². The van der Waals surface area contributed by atoms with Gasteiger partial charge in [-0.3, -0.25) is 4.79 Å². The zero-order valence-electron chi connectivity index (χ0n) is 10.9. The first kappa shape index (κ1) is 16.8. The average molecular weight is 267 g/mol. The van der Waals surface area contributed by atoms with Crippen molar-refractivity contribution in [3.05, 3.63) is 12.3 Å². The van der Waals surface area contributed by atoms with Crippen LogP contribution in [0.4, 0.5) is 8.78 Å². The summed E-state index contributed by atoms with van der Waals surface area (Å²) in [6.07, 6.45) is -0.975. The molecule has 0 fully saturated rings. The maximum Gasteiger partial charge on any atom is 0.312 e. The molecule has 0 aromatic carbocycles. The lowest BCUT2D eigenvalue weighted by molar-refractivity contribution is -0.139. The Kier molecular flexibility index (Phi) is 7.45. The third kappa shape index (κ3) is 6.51. The second kappa shape index (κ2) is 7.99. The smallest absolute Gasteiger partial charge is 0.312 e. The number of amides is 1. The second-order valence-corrected chi connectivity index (χ2v) is 3.76. The van der Waals surface area contributed by atoms with Crippen LogP contribution in [0.3, 0.4) is 0 Å². The third-order valence-corrected chi connectivity index (χ3v) is 2.03. The molecule has 0 rings (SSSR count). The van der Waals surface area contributed by atoms with E-state index in [4.69, 9.17) is 9.47 Å². The highest BCUT2D eigenvalue weighted by Gasteiger charge is 2.38. The molecule has 0 aromatic heterocycles. The molecular weight excluding hydrogens is 248 g/mol. The quantitative estimate of drug-likeness (QED) is 0.358. The Morgan fingerprint density at radius 3 is 2.44 bits per heavy atom. The summed E-state index contributed by atoms with van der Waals surface area (Å²) in [5, 5.41) is 0. The van der Waals surface area contributed by atoms with Gasteiger partial charge >= 0.3 is 5.92 Å². The Morgan fingerprint density at radius 2 is 1.94 bits per heavy atom. The van der Waals surface area contributed by atoms with Gasteiger partial charge in [0.2, 0.25) is 5.91 Å². The normalized spacial score (nSPS) is 11.2. The van der Waals surface area contributed by atoms with Gasteiger partial charge in [0.25, 0.3) is 0 Å². The maximum absolute atomic E-state index is 13.5. The Balaban J connectivity index is 4.02. The van der Waals surface area contributed by atoms with Crippen molar-refractivity contribution >= 4 is 5.91 Å². The molecule has 0 aliphatic rings. The molecule has 0 radical (unpaired) electrons. The molecule has 0 N–H and O–H groups in total. The lowest BCUT2D eigenvalue weighted by Gasteiger charge is -2.20. The molecule has 0 atom stereocenters. The highest BCUT2D eigenvalue weighted by molar-refractivity contribution is 5.76. The number of hydrogen-bond acceptors (Lipinski definition) is 4. The van der Waals surface area contributed by atoms with E-state index in [1.807, 2.05) is 0 Å². The number of carbonyl (C=O) groups excluding carboxylic acids is 1. The van der Waals surface area contributed by atoms with Crippen LogP contribution < -0.4 is 0 Å². The number of carbonyl (C=O) groups is 1. The zero-order valence-corrected chi connectivity index (χ0v) is 10.9. The fraction of sp³-hybridized carbons (Fsp3) is 0.727. The summed E-state index contributed by atoms with van der Waals surface area (Å²) in [5.41, 5.74) is 0. The van der Waals surface area contributed by atoms with Crippen LogP contribution >= 0.6 is 0 Å². The maximum atomic E-state index is 13.5. The lowest BCUT2D eigenvalue weighted by Crippen LogP contribution is -2.32. The number of methoxy groups -OCH3 is 1. The number of rotatable bonds is 9. The van der Waals surface area contributed by atoms with Crippen molar-refractivity contribution in [1.29, 1.82) is 0 Å². The van der Waals surface area contributed by atoms with Gasteiger partial charge in [-0.05, 0) is 0 Å². The zero-order chi connectivity index (χ0) is 14.2. The van der Waals surface area contributed by atoms with Crippen LogP contribution in [0.2, 0.25) is 0 Å². The molecule has 106 valence electrons. The van der Waals surface area contributed by atoms with Crippen LogP contribution in [0.1, 0.15) is 6.42 Å². The van der Waals surface area contributed by atoms with E-state index in [1.165, 1.54) is 21.2 Å². The summed E-state index contributed by atoms with van der Waals surface area (Å²) in [6.45, 7) is 3.32. The number of nitrogens with zero attached hydrogens (tertiary/aromatic N) is 1. The molecule has 18 heavy (non-hydrogen) atoms. The summed E-state index contributed by atoms with van der Waals surface area (Å²) in [5.74, 6) is -4.90. The molecule has 1 amide bonds. The van der Waals surface area contributed by atoms with Gasteiger partial charge in [-0.2, -0.15) is 8.78 Å². The van der Waals surface area contributed by atoms with Gasteiger partial charge in [0.1, 0.15) is 0 Å². The first-order chi connectivity index (χ1) is 8.31. The predicted molar refractivity (Wildman–Crippen MR) is 61.2 cm³/mol. The summed E-state index contributed by atoms with van der Waals surface area (Å²) in [4.78, 5) is 12.3. The van der Waals surface area contributed by atoms with E-state index in [-0.39, 0.29) is 13.4 Å². The van der Waals surface area contributed by atoms with Crippen LogP contribution in [0.25, 0.3) is 0 Å². The van der Waals surface area contributed by atoms with Gasteiger partial charge in [0.05, 0.1) is 19.6 Å². The first-order valence-electron chi connectivity index (χ1n) is 5.28. The van der Waals surface area contributed by atoms with E-state index in [0.717, 1.165) is 4.90 Å². The molecule has 0 unspecified atom stereocenters. The van der Waals surface area contributed by atoms with Crippen LogP contribution in [0.5, 0.6) is 0 Å². The standard InChI is InChI=1S/C11H19F2NO4/c1-9(18-8-17-6-5-16-4)11(12,13)7-10(15)14(2)3/h1,5-8H2,2-4H3. The van der Waals surface area contributed by atoms with Crippen LogP contribution in [0, 0.1) is 0 Å². The summed E-state index contributed by atoms with van der Waals surface area (Å²) in [7, 11) is 4.29. The molecule has 0 saturated heterocycles. The van der Waals surface area contributed by atoms with E-state index in [2.05, 4.69) is 11.3 Å². The fourth-order valence-electron chi connectivity index (χ4n) is 0.866. The minimum atomic E-state index is -3.41.